The van der Waals surface area contributed by atoms with Crippen molar-refractivity contribution in [3.05, 3.63) is 39.0 Å². The van der Waals surface area contributed by atoms with Crippen LogP contribution in [0.5, 0.6) is 0 Å². The third-order valence-corrected chi connectivity index (χ3v) is 5.64. The van der Waals surface area contributed by atoms with Crippen molar-refractivity contribution in [1.29, 1.82) is 0 Å². The molecule has 1 aliphatic heterocycles. The molecule has 8 nitrogen and oxygen atoms in total. The molecule has 0 saturated carbocycles. The Kier molecular flexibility index (Phi) is 4.09. The highest BCUT2D eigenvalue weighted by molar-refractivity contribution is 7.89. The third kappa shape index (κ3) is 3.21. The van der Waals surface area contributed by atoms with E-state index in [1.54, 1.807) is 0 Å². The molecule has 1 fully saturated rings. The van der Waals surface area contributed by atoms with Crippen LogP contribution in [0.3, 0.4) is 0 Å². The second-order valence-electron chi connectivity index (χ2n) is 5.81. The first-order chi connectivity index (χ1) is 10.9. The van der Waals surface area contributed by atoms with Crippen LogP contribution in [0.2, 0.25) is 0 Å². The van der Waals surface area contributed by atoms with E-state index in [0.717, 1.165) is 13.0 Å². The fourth-order valence-corrected chi connectivity index (χ4v) is 4.10. The topological polar surface area (TPSA) is 124 Å². The van der Waals surface area contributed by atoms with Crippen molar-refractivity contribution in [3.8, 4) is 0 Å². The maximum Gasteiger partial charge on any atom is 0.326 e. The number of rotatable bonds is 3. The molecule has 0 radical (unpaired) electrons. The Morgan fingerprint density at radius 2 is 2.00 bits per heavy atom. The van der Waals surface area contributed by atoms with Gasteiger partial charge in [-0.05, 0) is 37.1 Å². The molecule has 2 unspecified atom stereocenters. The minimum absolute atomic E-state index is 0.000299. The quantitative estimate of drug-likeness (QED) is 0.600. The predicted octanol–water partition coefficient (Wildman–Crippen LogP) is -0.507. The van der Waals surface area contributed by atoms with E-state index in [9.17, 15) is 18.0 Å². The Morgan fingerprint density at radius 3 is 2.74 bits per heavy atom. The Labute approximate surface area is 132 Å². The molecule has 1 aromatic heterocycles. The molecule has 1 aromatic carbocycles. The molecule has 124 valence electrons. The van der Waals surface area contributed by atoms with Gasteiger partial charge in [-0.2, -0.15) is 0 Å². The van der Waals surface area contributed by atoms with Gasteiger partial charge in [0.15, 0.2) is 0 Å². The van der Waals surface area contributed by atoms with Crippen LogP contribution in [0.1, 0.15) is 13.3 Å². The molecule has 1 aliphatic rings. The van der Waals surface area contributed by atoms with Gasteiger partial charge in [-0.1, -0.05) is 6.92 Å². The summed E-state index contributed by atoms with van der Waals surface area (Å²) in [5.74, 6) is 0.228. The Hall–Kier alpha value is -1.97. The van der Waals surface area contributed by atoms with Gasteiger partial charge in [-0.25, -0.2) is 17.9 Å². The van der Waals surface area contributed by atoms with Crippen LogP contribution < -0.4 is 21.3 Å². The van der Waals surface area contributed by atoms with Crippen LogP contribution >= 0.6 is 0 Å². The van der Waals surface area contributed by atoms with E-state index in [2.05, 4.69) is 20.0 Å². The normalized spacial score (nSPS) is 22.3. The monoisotopic (exact) mass is 338 g/mol. The van der Waals surface area contributed by atoms with E-state index in [1.807, 2.05) is 6.92 Å². The second kappa shape index (κ2) is 5.91. The van der Waals surface area contributed by atoms with Crippen LogP contribution in [-0.4, -0.2) is 37.5 Å². The lowest BCUT2D eigenvalue weighted by molar-refractivity contribution is 0.327. The molecule has 0 aliphatic carbocycles. The third-order valence-electron chi connectivity index (χ3n) is 4.16. The molecule has 2 atom stereocenters. The summed E-state index contributed by atoms with van der Waals surface area (Å²) in [5.41, 5.74) is -0.947. The summed E-state index contributed by atoms with van der Waals surface area (Å²) in [7, 11) is -3.75. The van der Waals surface area contributed by atoms with Crippen molar-refractivity contribution in [2.24, 2.45) is 5.92 Å². The molecule has 4 N–H and O–H groups in total. The number of aromatic amines is 2. The zero-order valence-electron chi connectivity index (χ0n) is 12.5. The molecule has 0 amide bonds. The average molecular weight is 338 g/mol. The minimum atomic E-state index is -3.75. The molecule has 9 heteroatoms. The minimum Gasteiger partial charge on any atom is -0.315 e. The lowest BCUT2D eigenvalue weighted by atomic mass is 9.96. The molecule has 3 rings (SSSR count). The lowest BCUT2D eigenvalue weighted by Gasteiger charge is -2.29. The fourth-order valence-electron chi connectivity index (χ4n) is 2.73. The summed E-state index contributed by atoms with van der Waals surface area (Å²) in [6, 6.07) is 3.87. The summed E-state index contributed by atoms with van der Waals surface area (Å²) in [5, 5.41) is 3.29. The number of hydrogen-bond acceptors (Lipinski definition) is 5. The van der Waals surface area contributed by atoms with Gasteiger partial charge in [-0.3, -0.25) is 9.78 Å². The maximum atomic E-state index is 12.5. The van der Waals surface area contributed by atoms with Gasteiger partial charge >= 0.3 is 5.69 Å². The number of H-pyrrole nitrogens is 2. The summed E-state index contributed by atoms with van der Waals surface area (Å²) >= 11 is 0. The van der Waals surface area contributed by atoms with Crippen LogP contribution in [0.25, 0.3) is 10.9 Å². The van der Waals surface area contributed by atoms with Crippen LogP contribution in [-0.2, 0) is 10.0 Å². The van der Waals surface area contributed by atoms with Crippen molar-refractivity contribution in [2.45, 2.75) is 24.3 Å². The van der Waals surface area contributed by atoms with Gasteiger partial charge in [0.2, 0.25) is 10.0 Å². The van der Waals surface area contributed by atoms with E-state index in [0.29, 0.717) is 12.1 Å². The molecular weight excluding hydrogens is 320 g/mol. The van der Waals surface area contributed by atoms with E-state index in [1.165, 1.54) is 18.2 Å². The van der Waals surface area contributed by atoms with Gasteiger partial charge < -0.3 is 10.3 Å². The van der Waals surface area contributed by atoms with Crippen LogP contribution in [0.15, 0.2) is 32.7 Å². The van der Waals surface area contributed by atoms with E-state index < -0.39 is 21.3 Å². The van der Waals surface area contributed by atoms with Gasteiger partial charge in [0, 0.05) is 12.6 Å². The Morgan fingerprint density at radius 1 is 1.22 bits per heavy atom. The summed E-state index contributed by atoms with van der Waals surface area (Å²) in [6.45, 7) is 3.45. The summed E-state index contributed by atoms with van der Waals surface area (Å²) in [6.07, 6.45) is 0.895. The molecule has 0 spiro atoms. The highest BCUT2D eigenvalue weighted by Crippen LogP contribution is 2.17. The predicted molar refractivity (Wildman–Crippen MR) is 85.9 cm³/mol. The van der Waals surface area contributed by atoms with Gasteiger partial charge in [0.1, 0.15) is 0 Å². The lowest BCUT2D eigenvalue weighted by Crippen LogP contribution is -2.50. The van der Waals surface area contributed by atoms with Gasteiger partial charge in [0.25, 0.3) is 5.56 Å². The number of sulfonamides is 1. The largest absolute Gasteiger partial charge is 0.326 e. The van der Waals surface area contributed by atoms with Crippen molar-refractivity contribution in [1.82, 2.24) is 20.0 Å². The summed E-state index contributed by atoms with van der Waals surface area (Å²) < 4.78 is 27.8. The number of nitrogens with one attached hydrogen (secondary N) is 4. The maximum absolute atomic E-state index is 12.5. The number of aromatic nitrogens is 2. The standard InChI is InChI=1S/C14H18N4O4S/c1-8-4-5-15-7-12(8)18-23(21,22)9-2-3-11-10(6-9)13(19)17-14(20)16-11/h2-3,6,8,12,15,18H,4-5,7H2,1H3,(H2,16,17,19,20). The molecule has 2 heterocycles. The van der Waals surface area contributed by atoms with Crippen molar-refractivity contribution in [2.75, 3.05) is 13.1 Å². The van der Waals surface area contributed by atoms with Crippen LogP contribution in [0, 0.1) is 5.92 Å². The first kappa shape index (κ1) is 15.9. The highest BCUT2D eigenvalue weighted by atomic mass is 32.2. The zero-order chi connectivity index (χ0) is 16.6. The molecule has 2 aromatic rings. The Balaban J connectivity index is 1.98. The Bertz CT molecular complexity index is 947. The molecule has 0 bridgehead atoms. The number of hydrogen-bond donors (Lipinski definition) is 4. The first-order valence-corrected chi connectivity index (χ1v) is 8.84. The molecular formula is C14H18N4O4S. The molecule has 23 heavy (non-hydrogen) atoms. The number of piperidine rings is 1. The van der Waals surface area contributed by atoms with Gasteiger partial charge in [0.05, 0.1) is 15.8 Å². The van der Waals surface area contributed by atoms with Crippen molar-refractivity contribution >= 4 is 20.9 Å². The van der Waals surface area contributed by atoms with Crippen molar-refractivity contribution < 1.29 is 8.42 Å². The molecule has 1 saturated heterocycles. The van der Waals surface area contributed by atoms with E-state index >= 15 is 0 Å². The zero-order valence-corrected chi connectivity index (χ0v) is 13.4. The second-order valence-corrected chi connectivity index (χ2v) is 7.53. The fraction of sp³-hybridized carbons (Fsp3) is 0.429. The van der Waals surface area contributed by atoms with E-state index in [4.69, 9.17) is 0 Å². The number of benzene rings is 1. The SMILES string of the molecule is CC1CCNCC1NS(=O)(=O)c1ccc2[nH]c(=O)[nH]c(=O)c2c1. The average Bonchev–Trinajstić information content (AvgIpc) is 2.49. The first-order valence-electron chi connectivity index (χ1n) is 7.36. The van der Waals surface area contributed by atoms with E-state index in [-0.39, 0.29) is 22.2 Å². The number of fused-ring (bicyclic) bond motifs is 1. The van der Waals surface area contributed by atoms with Crippen LogP contribution in [0.4, 0.5) is 0 Å². The van der Waals surface area contributed by atoms with Gasteiger partial charge in [-0.15, -0.1) is 0 Å². The smallest absolute Gasteiger partial charge is 0.315 e. The summed E-state index contributed by atoms with van der Waals surface area (Å²) in [4.78, 5) is 27.6. The van der Waals surface area contributed by atoms with Crippen molar-refractivity contribution in [3.63, 3.8) is 0 Å². The highest BCUT2D eigenvalue weighted by Gasteiger charge is 2.26.